The molecule has 1 aromatic heterocycles. The van der Waals surface area contributed by atoms with Gasteiger partial charge in [0.15, 0.2) is 0 Å². The molecule has 0 radical (unpaired) electrons. The Morgan fingerprint density at radius 3 is 2.55 bits per heavy atom. The van der Waals surface area contributed by atoms with Crippen LogP contribution < -0.4 is 10.6 Å². The lowest BCUT2D eigenvalue weighted by Gasteiger charge is -2.07. The van der Waals surface area contributed by atoms with Crippen molar-refractivity contribution in [1.82, 2.24) is 9.97 Å². The van der Waals surface area contributed by atoms with Crippen molar-refractivity contribution in [3.05, 3.63) is 47.4 Å². The third-order valence-electron chi connectivity index (χ3n) is 2.53. The van der Waals surface area contributed by atoms with Crippen LogP contribution in [0.15, 0.2) is 36.7 Å². The summed E-state index contributed by atoms with van der Waals surface area (Å²) in [5.41, 5.74) is 0.932. The first kappa shape index (κ1) is 15.7. The highest BCUT2D eigenvalue weighted by atomic mass is 35.5. The number of benzene rings is 1. The van der Waals surface area contributed by atoms with E-state index in [-0.39, 0.29) is 11.0 Å². The summed E-state index contributed by atoms with van der Waals surface area (Å²) in [5, 5.41) is 5.34. The Bertz CT molecular complexity index is 676. The molecule has 0 saturated carbocycles. The second kappa shape index (κ2) is 7.37. The SMILES string of the molecule is CCOC(=O)c1ccc(NC(=O)Nc2cc(Cl)ncn2)cc1. The van der Waals surface area contributed by atoms with Crippen LogP contribution in [0.3, 0.4) is 0 Å². The Labute approximate surface area is 131 Å². The molecular weight excluding hydrogens is 308 g/mol. The van der Waals surface area contributed by atoms with Crippen LogP contribution in [0.4, 0.5) is 16.3 Å². The molecule has 0 aliphatic carbocycles. The van der Waals surface area contributed by atoms with Crippen molar-refractivity contribution in [3.63, 3.8) is 0 Å². The molecule has 1 heterocycles. The first-order chi connectivity index (χ1) is 10.6. The predicted molar refractivity (Wildman–Crippen MR) is 82.1 cm³/mol. The van der Waals surface area contributed by atoms with E-state index in [9.17, 15) is 9.59 Å². The van der Waals surface area contributed by atoms with Crippen LogP contribution in [0.25, 0.3) is 0 Å². The van der Waals surface area contributed by atoms with E-state index >= 15 is 0 Å². The molecule has 7 nitrogen and oxygen atoms in total. The fourth-order valence-corrected chi connectivity index (χ4v) is 1.73. The highest BCUT2D eigenvalue weighted by Crippen LogP contribution is 2.12. The van der Waals surface area contributed by atoms with E-state index in [0.717, 1.165) is 0 Å². The predicted octanol–water partition coefficient (Wildman–Crippen LogP) is 2.95. The summed E-state index contributed by atoms with van der Waals surface area (Å²) in [5.74, 6) is -0.130. The van der Waals surface area contributed by atoms with Crippen LogP contribution in [-0.2, 0) is 4.74 Å². The van der Waals surface area contributed by atoms with Crippen LogP contribution in [0.1, 0.15) is 17.3 Å². The molecule has 0 aliphatic heterocycles. The Morgan fingerprint density at radius 2 is 1.91 bits per heavy atom. The lowest BCUT2D eigenvalue weighted by Crippen LogP contribution is -2.20. The molecule has 2 amide bonds. The third kappa shape index (κ3) is 4.42. The molecule has 2 N–H and O–H groups in total. The topological polar surface area (TPSA) is 93.2 Å². The number of rotatable bonds is 4. The van der Waals surface area contributed by atoms with Crippen LogP contribution in [-0.4, -0.2) is 28.6 Å². The molecule has 0 fully saturated rings. The van der Waals surface area contributed by atoms with E-state index in [1.54, 1.807) is 31.2 Å². The summed E-state index contributed by atoms with van der Waals surface area (Å²) in [6.07, 6.45) is 1.24. The molecule has 114 valence electrons. The van der Waals surface area contributed by atoms with Crippen LogP contribution >= 0.6 is 11.6 Å². The van der Waals surface area contributed by atoms with Gasteiger partial charge in [0, 0.05) is 11.8 Å². The van der Waals surface area contributed by atoms with E-state index < -0.39 is 12.0 Å². The summed E-state index contributed by atoms with van der Waals surface area (Å²) in [4.78, 5) is 30.9. The average Bonchev–Trinajstić information content (AvgIpc) is 2.48. The van der Waals surface area contributed by atoms with Crippen molar-refractivity contribution in [1.29, 1.82) is 0 Å². The molecule has 22 heavy (non-hydrogen) atoms. The monoisotopic (exact) mass is 320 g/mol. The van der Waals surface area contributed by atoms with E-state index in [0.29, 0.717) is 17.9 Å². The van der Waals surface area contributed by atoms with Gasteiger partial charge >= 0.3 is 12.0 Å². The number of nitrogens with zero attached hydrogens (tertiary/aromatic N) is 2. The van der Waals surface area contributed by atoms with Gasteiger partial charge < -0.3 is 10.1 Å². The van der Waals surface area contributed by atoms with Crippen LogP contribution in [0, 0.1) is 0 Å². The maximum Gasteiger partial charge on any atom is 0.338 e. The lowest BCUT2D eigenvalue weighted by atomic mass is 10.2. The van der Waals surface area contributed by atoms with Gasteiger partial charge in [0.1, 0.15) is 17.3 Å². The van der Waals surface area contributed by atoms with Gasteiger partial charge in [0.25, 0.3) is 0 Å². The zero-order valence-electron chi connectivity index (χ0n) is 11.7. The average molecular weight is 321 g/mol. The van der Waals surface area contributed by atoms with Crippen molar-refractivity contribution in [2.24, 2.45) is 0 Å². The summed E-state index contributed by atoms with van der Waals surface area (Å²) in [7, 11) is 0. The third-order valence-corrected chi connectivity index (χ3v) is 2.74. The number of hydrogen-bond donors (Lipinski definition) is 2. The quantitative estimate of drug-likeness (QED) is 0.667. The number of carbonyl (C=O) groups is 2. The number of halogens is 1. The zero-order chi connectivity index (χ0) is 15.9. The lowest BCUT2D eigenvalue weighted by molar-refractivity contribution is 0.0526. The first-order valence-corrected chi connectivity index (χ1v) is 6.79. The normalized spacial score (nSPS) is 9.91. The molecule has 0 saturated heterocycles. The van der Waals surface area contributed by atoms with Crippen LogP contribution in [0.5, 0.6) is 0 Å². The molecule has 0 spiro atoms. The van der Waals surface area contributed by atoms with Crippen LogP contribution in [0.2, 0.25) is 5.15 Å². The van der Waals surface area contributed by atoms with Gasteiger partial charge in [-0.3, -0.25) is 5.32 Å². The first-order valence-electron chi connectivity index (χ1n) is 6.41. The molecule has 2 aromatic rings. The molecule has 0 bridgehead atoms. The molecule has 0 unspecified atom stereocenters. The number of urea groups is 1. The Hall–Kier alpha value is -2.67. The van der Waals surface area contributed by atoms with E-state index in [1.165, 1.54) is 12.4 Å². The number of nitrogens with one attached hydrogen (secondary N) is 2. The minimum atomic E-state index is -0.487. The summed E-state index contributed by atoms with van der Waals surface area (Å²) < 4.78 is 4.87. The number of ether oxygens (including phenoxy) is 1. The van der Waals surface area contributed by atoms with E-state index in [4.69, 9.17) is 16.3 Å². The Balaban J connectivity index is 1.95. The highest BCUT2D eigenvalue weighted by Gasteiger charge is 2.07. The van der Waals surface area contributed by atoms with E-state index in [2.05, 4.69) is 20.6 Å². The Kier molecular flexibility index (Phi) is 5.26. The van der Waals surface area contributed by atoms with Gasteiger partial charge in [-0.25, -0.2) is 19.6 Å². The second-order valence-electron chi connectivity index (χ2n) is 4.10. The maximum atomic E-state index is 11.8. The van der Waals surface area contributed by atoms with Gasteiger partial charge in [0.05, 0.1) is 12.2 Å². The number of carbonyl (C=O) groups excluding carboxylic acids is 2. The van der Waals surface area contributed by atoms with Gasteiger partial charge in [-0.05, 0) is 31.2 Å². The molecule has 8 heteroatoms. The fraction of sp³-hybridized carbons (Fsp3) is 0.143. The summed E-state index contributed by atoms with van der Waals surface area (Å²) >= 11 is 5.69. The minimum absolute atomic E-state index is 0.226. The van der Waals surface area contributed by atoms with Crippen molar-refractivity contribution in [2.75, 3.05) is 17.2 Å². The van der Waals surface area contributed by atoms with Gasteiger partial charge in [-0.15, -0.1) is 0 Å². The largest absolute Gasteiger partial charge is 0.462 e. The standard InChI is InChI=1S/C14H13ClN4O3/c1-2-22-13(20)9-3-5-10(6-4-9)18-14(21)19-12-7-11(15)16-8-17-12/h3-8H,2H2,1H3,(H2,16,17,18,19,21). The van der Waals surface area contributed by atoms with Crippen molar-refractivity contribution >= 4 is 35.1 Å². The van der Waals surface area contributed by atoms with Crippen molar-refractivity contribution in [2.45, 2.75) is 6.92 Å². The number of aromatic nitrogens is 2. The van der Waals surface area contributed by atoms with Gasteiger partial charge in [-0.1, -0.05) is 11.6 Å². The summed E-state index contributed by atoms with van der Waals surface area (Å²) in [6.45, 7) is 2.04. The number of anilines is 2. The fourth-order valence-electron chi connectivity index (χ4n) is 1.58. The number of amides is 2. The molecular formula is C14H13ClN4O3. The second-order valence-corrected chi connectivity index (χ2v) is 4.49. The maximum absolute atomic E-state index is 11.8. The molecule has 0 aliphatic rings. The minimum Gasteiger partial charge on any atom is -0.462 e. The van der Waals surface area contributed by atoms with Crippen molar-refractivity contribution in [3.8, 4) is 0 Å². The van der Waals surface area contributed by atoms with Gasteiger partial charge in [0.2, 0.25) is 0 Å². The highest BCUT2D eigenvalue weighted by molar-refractivity contribution is 6.29. The van der Waals surface area contributed by atoms with Crippen molar-refractivity contribution < 1.29 is 14.3 Å². The smallest absolute Gasteiger partial charge is 0.338 e. The van der Waals surface area contributed by atoms with E-state index in [1.807, 2.05) is 0 Å². The molecule has 2 rings (SSSR count). The molecule has 0 atom stereocenters. The number of esters is 1. The van der Waals surface area contributed by atoms with Gasteiger partial charge in [-0.2, -0.15) is 0 Å². The summed E-state index contributed by atoms with van der Waals surface area (Å²) in [6, 6.07) is 7.26. The zero-order valence-corrected chi connectivity index (χ0v) is 12.4. The number of hydrogen-bond acceptors (Lipinski definition) is 5. The molecule has 1 aromatic carbocycles. The Morgan fingerprint density at radius 1 is 1.18 bits per heavy atom.